The second-order valence-electron chi connectivity index (χ2n) is 6.04. The van der Waals surface area contributed by atoms with Crippen molar-refractivity contribution in [2.75, 3.05) is 13.2 Å². The molecular weight excluding hydrogens is 374 g/mol. The minimum Gasteiger partial charge on any atom is -0.490 e. The van der Waals surface area contributed by atoms with Gasteiger partial charge in [-0.05, 0) is 30.2 Å². The van der Waals surface area contributed by atoms with E-state index in [1.807, 2.05) is 54.6 Å². The van der Waals surface area contributed by atoms with Gasteiger partial charge in [-0.25, -0.2) is 4.98 Å². The first-order valence-electron chi connectivity index (χ1n) is 8.86. The predicted octanol–water partition coefficient (Wildman–Crippen LogP) is 4.62. The Morgan fingerprint density at radius 2 is 1.96 bits per heavy atom. The molecule has 144 valence electrons. The molecule has 0 aliphatic rings. The van der Waals surface area contributed by atoms with Crippen LogP contribution in [-0.4, -0.2) is 29.3 Å². The van der Waals surface area contributed by atoms with Crippen LogP contribution in [0.1, 0.15) is 11.3 Å². The Balaban J connectivity index is 1.56. The molecule has 1 N–H and O–H groups in total. The molecule has 0 saturated carbocycles. The zero-order valence-corrected chi connectivity index (χ0v) is 16.2. The molecule has 0 saturated heterocycles. The molecule has 0 aliphatic carbocycles. The standard InChI is InChI=1S/C22H21NO4S/c1-2-6-16-7-3-4-10-20(16)27-12-11-26-19-9-5-8-17(13-19)22-23-18(15-28-22)14-21(24)25/h2-5,7-10,13,15H,1,6,11-12,14H2,(H,24,25). The summed E-state index contributed by atoms with van der Waals surface area (Å²) in [5.41, 5.74) is 2.56. The molecule has 0 radical (unpaired) electrons. The van der Waals surface area contributed by atoms with Gasteiger partial charge in [-0.3, -0.25) is 4.79 Å². The lowest BCUT2D eigenvalue weighted by molar-refractivity contribution is -0.136. The fraction of sp³-hybridized carbons (Fsp3) is 0.182. The second-order valence-corrected chi connectivity index (χ2v) is 6.90. The van der Waals surface area contributed by atoms with E-state index < -0.39 is 5.97 Å². The Morgan fingerprint density at radius 3 is 2.79 bits per heavy atom. The molecule has 6 heteroatoms. The normalized spacial score (nSPS) is 10.4. The Kier molecular flexibility index (Phi) is 6.81. The molecule has 5 nitrogen and oxygen atoms in total. The summed E-state index contributed by atoms with van der Waals surface area (Å²) in [7, 11) is 0. The van der Waals surface area contributed by atoms with Crippen molar-refractivity contribution in [3.63, 3.8) is 0 Å². The number of carboxylic acid groups (broad SMARTS) is 1. The number of allylic oxidation sites excluding steroid dienone is 1. The minimum atomic E-state index is -0.886. The van der Waals surface area contributed by atoms with Gasteiger partial charge in [0.15, 0.2) is 0 Å². The number of nitrogens with zero attached hydrogens (tertiary/aromatic N) is 1. The highest BCUT2D eigenvalue weighted by molar-refractivity contribution is 7.13. The van der Waals surface area contributed by atoms with Gasteiger partial charge in [0.25, 0.3) is 0 Å². The first-order chi connectivity index (χ1) is 13.7. The van der Waals surface area contributed by atoms with Crippen molar-refractivity contribution >= 4 is 17.3 Å². The molecule has 3 aromatic rings. The van der Waals surface area contributed by atoms with Crippen LogP contribution in [0.3, 0.4) is 0 Å². The van der Waals surface area contributed by atoms with Gasteiger partial charge in [0, 0.05) is 10.9 Å². The molecular formula is C22H21NO4S. The number of carbonyl (C=O) groups is 1. The summed E-state index contributed by atoms with van der Waals surface area (Å²) in [6.07, 6.45) is 2.54. The third kappa shape index (κ3) is 5.44. The van der Waals surface area contributed by atoms with Crippen molar-refractivity contribution in [2.24, 2.45) is 0 Å². The number of ether oxygens (including phenoxy) is 2. The number of rotatable bonds is 10. The summed E-state index contributed by atoms with van der Waals surface area (Å²) in [6.45, 7) is 4.61. The molecule has 0 aliphatic heterocycles. The fourth-order valence-corrected chi connectivity index (χ4v) is 3.49. The largest absolute Gasteiger partial charge is 0.490 e. The number of aliphatic carboxylic acids is 1. The highest BCUT2D eigenvalue weighted by Gasteiger charge is 2.09. The van der Waals surface area contributed by atoms with Crippen molar-refractivity contribution in [3.05, 3.63) is 77.8 Å². The van der Waals surface area contributed by atoms with E-state index in [-0.39, 0.29) is 6.42 Å². The summed E-state index contributed by atoms with van der Waals surface area (Å²) in [5, 5.41) is 11.4. The lowest BCUT2D eigenvalue weighted by Gasteiger charge is -2.11. The molecule has 0 amide bonds. The van der Waals surface area contributed by atoms with Crippen LogP contribution in [0.2, 0.25) is 0 Å². The van der Waals surface area contributed by atoms with E-state index in [0.29, 0.717) is 18.9 Å². The number of carboxylic acids is 1. The maximum absolute atomic E-state index is 10.8. The van der Waals surface area contributed by atoms with Gasteiger partial charge in [0.1, 0.15) is 29.7 Å². The molecule has 0 spiro atoms. The van der Waals surface area contributed by atoms with Gasteiger partial charge in [-0.1, -0.05) is 36.4 Å². The van der Waals surface area contributed by atoms with Gasteiger partial charge >= 0.3 is 5.97 Å². The first kappa shape index (κ1) is 19.6. The molecule has 28 heavy (non-hydrogen) atoms. The Hall–Kier alpha value is -3.12. The van der Waals surface area contributed by atoms with Crippen LogP contribution in [0, 0.1) is 0 Å². The number of para-hydroxylation sites is 1. The highest BCUT2D eigenvalue weighted by atomic mass is 32.1. The zero-order chi connectivity index (χ0) is 19.8. The SMILES string of the molecule is C=CCc1ccccc1OCCOc1cccc(-c2nc(CC(=O)O)cs2)c1. The summed E-state index contributed by atoms with van der Waals surface area (Å²) < 4.78 is 11.6. The van der Waals surface area contributed by atoms with E-state index in [9.17, 15) is 4.79 Å². The van der Waals surface area contributed by atoms with Crippen LogP contribution in [0.5, 0.6) is 11.5 Å². The van der Waals surface area contributed by atoms with E-state index in [1.54, 1.807) is 5.38 Å². The van der Waals surface area contributed by atoms with Crippen molar-refractivity contribution in [3.8, 4) is 22.1 Å². The van der Waals surface area contributed by atoms with Crippen LogP contribution in [0.4, 0.5) is 0 Å². The number of thiazole rings is 1. The highest BCUT2D eigenvalue weighted by Crippen LogP contribution is 2.27. The van der Waals surface area contributed by atoms with E-state index in [0.717, 1.165) is 34.1 Å². The third-order valence-electron chi connectivity index (χ3n) is 3.91. The molecule has 1 aromatic heterocycles. The summed E-state index contributed by atoms with van der Waals surface area (Å²) >= 11 is 1.42. The minimum absolute atomic E-state index is 0.0721. The van der Waals surface area contributed by atoms with Gasteiger partial charge in [0.2, 0.25) is 0 Å². The topological polar surface area (TPSA) is 68.7 Å². The fourth-order valence-electron chi connectivity index (χ4n) is 2.67. The van der Waals surface area contributed by atoms with E-state index in [4.69, 9.17) is 14.6 Å². The number of hydrogen-bond donors (Lipinski definition) is 1. The molecule has 0 fully saturated rings. The van der Waals surface area contributed by atoms with E-state index in [2.05, 4.69) is 11.6 Å². The van der Waals surface area contributed by atoms with Crippen LogP contribution >= 0.6 is 11.3 Å². The van der Waals surface area contributed by atoms with Crippen molar-refractivity contribution < 1.29 is 19.4 Å². The Labute approximate surface area is 167 Å². The lowest BCUT2D eigenvalue weighted by Crippen LogP contribution is -2.10. The maximum atomic E-state index is 10.8. The molecule has 1 heterocycles. The quantitative estimate of drug-likeness (QED) is 0.401. The molecule has 0 unspecified atom stereocenters. The Morgan fingerprint density at radius 1 is 1.14 bits per heavy atom. The van der Waals surface area contributed by atoms with Crippen molar-refractivity contribution in [2.45, 2.75) is 12.8 Å². The number of hydrogen-bond acceptors (Lipinski definition) is 5. The Bertz CT molecular complexity index is 951. The van der Waals surface area contributed by atoms with Crippen LogP contribution in [0.15, 0.2) is 66.6 Å². The third-order valence-corrected chi connectivity index (χ3v) is 4.85. The molecule has 2 aromatic carbocycles. The van der Waals surface area contributed by atoms with Crippen LogP contribution in [0.25, 0.3) is 10.6 Å². The van der Waals surface area contributed by atoms with Crippen molar-refractivity contribution in [1.29, 1.82) is 0 Å². The summed E-state index contributed by atoms with van der Waals surface area (Å²) in [5.74, 6) is 0.674. The molecule has 0 atom stereocenters. The molecule has 3 rings (SSSR count). The van der Waals surface area contributed by atoms with Gasteiger partial charge in [-0.2, -0.15) is 0 Å². The van der Waals surface area contributed by atoms with E-state index >= 15 is 0 Å². The van der Waals surface area contributed by atoms with Crippen molar-refractivity contribution in [1.82, 2.24) is 4.98 Å². The van der Waals surface area contributed by atoms with Gasteiger partial charge in [-0.15, -0.1) is 17.9 Å². The average Bonchev–Trinajstić information content (AvgIpc) is 3.15. The molecule has 0 bridgehead atoms. The van der Waals surface area contributed by atoms with Gasteiger partial charge < -0.3 is 14.6 Å². The number of benzene rings is 2. The van der Waals surface area contributed by atoms with Gasteiger partial charge in [0.05, 0.1) is 12.1 Å². The second kappa shape index (κ2) is 9.71. The monoisotopic (exact) mass is 395 g/mol. The predicted molar refractivity (Wildman–Crippen MR) is 110 cm³/mol. The summed E-state index contributed by atoms with van der Waals surface area (Å²) in [6, 6.07) is 15.5. The maximum Gasteiger partial charge on any atom is 0.309 e. The average molecular weight is 395 g/mol. The lowest BCUT2D eigenvalue weighted by atomic mass is 10.1. The smallest absolute Gasteiger partial charge is 0.309 e. The van der Waals surface area contributed by atoms with Crippen LogP contribution < -0.4 is 9.47 Å². The first-order valence-corrected chi connectivity index (χ1v) is 9.74. The zero-order valence-electron chi connectivity index (χ0n) is 15.3. The van der Waals surface area contributed by atoms with E-state index in [1.165, 1.54) is 11.3 Å². The number of aromatic nitrogens is 1. The summed E-state index contributed by atoms with van der Waals surface area (Å²) in [4.78, 5) is 15.2. The van der Waals surface area contributed by atoms with Crippen LogP contribution in [-0.2, 0) is 17.6 Å².